The molecule has 7 nitrogen and oxygen atoms in total. The van der Waals surface area contributed by atoms with Crippen LogP contribution < -0.4 is 20.3 Å². The molecule has 0 spiro atoms. The molecule has 1 saturated heterocycles. The van der Waals surface area contributed by atoms with Crippen molar-refractivity contribution in [3.05, 3.63) is 87.8 Å². The van der Waals surface area contributed by atoms with Crippen molar-refractivity contribution in [2.75, 3.05) is 32.6 Å². The van der Waals surface area contributed by atoms with E-state index in [1.165, 1.54) is 0 Å². The van der Waals surface area contributed by atoms with Gasteiger partial charge >= 0.3 is 0 Å². The number of anilines is 1. The van der Waals surface area contributed by atoms with Gasteiger partial charge in [-0.15, -0.1) is 0 Å². The highest BCUT2D eigenvalue weighted by Gasteiger charge is 2.36. The zero-order valence-electron chi connectivity index (χ0n) is 19.5. The number of carbonyl (C=O) groups is 1. The number of carbonyl (C=O) groups excluding carboxylic acids is 1. The lowest BCUT2D eigenvalue weighted by Crippen LogP contribution is -2.49. The smallest absolute Gasteiger partial charge is 0.274 e. The third-order valence-corrected chi connectivity index (χ3v) is 6.87. The van der Waals surface area contributed by atoms with Gasteiger partial charge in [0.25, 0.3) is 11.5 Å². The van der Waals surface area contributed by atoms with Crippen molar-refractivity contribution in [1.29, 1.82) is 0 Å². The predicted molar refractivity (Wildman–Crippen MR) is 131 cm³/mol. The number of rotatable bonds is 6. The molecule has 5 rings (SSSR count). The SMILES string of the molecule is COc1ccc(CNc2ccc3n(c2=O)C[C@H]2C[C@@H]3CN(C(=O)c3ccc(OC)cc3)C2)cc1. The first-order valence-corrected chi connectivity index (χ1v) is 11.6. The minimum Gasteiger partial charge on any atom is -0.497 e. The molecule has 0 saturated carbocycles. The van der Waals surface area contributed by atoms with Crippen LogP contribution in [0.15, 0.2) is 65.5 Å². The number of nitrogens with zero attached hydrogens (tertiary/aromatic N) is 2. The molecule has 34 heavy (non-hydrogen) atoms. The van der Waals surface area contributed by atoms with E-state index < -0.39 is 0 Å². The van der Waals surface area contributed by atoms with Crippen molar-refractivity contribution in [1.82, 2.24) is 9.47 Å². The van der Waals surface area contributed by atoms with Crippen molar-refractivity contribution in [3.8, 4) is 11.5 Å². The summed E-state index contributed by atoms with van der Waals surface area (Å²) in [5.74, 6) is 2.01. The Balaban J connectivity index is 1.31. The Morgan fingerprint density at radius 1 is 0.912 bits per heavy atom. The van der Waals surface area contributed by atoms with Crippen LogP contribution in [0.4, 0.5) is 5.69 Å². The molecule has 0 unspecified atom stereocenters. The zero-order chi connectivity index (χ0) is 23.7. The topological polar surface area (TPSA) is 72.8 Å². The summed E-state index contributed by atoms with van der Waals surface area (Å²) in [7, 11) is 3.26. The number of pyridine rings is 1. The minimum absolute atomic E-state index is 0.00985. The third kappa shape index (κ3) is 4.25. The molecule has 7 heteroatoms. The highest BCUT2D eigenvalue weighted by Crippen LogP contribution is 2.36. The third-order valence-electron chi connectivity index (χ3n) is 6.87. The van der Waals surface area contributed by atoms with E-state index >= 15 is 0 Å². The van der Waals surface area contributed by atoms with Gasteiger partial charge in [0, 0.05) is 43.4 Å². The van der Waals surface area contributed by atoms with E-state index in [4.69, 9.17) is 9.47 Å². The molecule has 0 aliphatic carbocycles. The van der Waals surface area contributed by atoms with Gasteiger partial charge in [0.2, 0.25) is 0 Å². The molecule has 1 amide bonds. The lowest BCUT2D eigenvalue weighted by Gasteiger charge is -2.43. The van der Waals surface area contributed by atoms with E-state index in [-0.39, 0.29) is 23.3 Å². The van der Waals surface area contributed by atoms with E-state index in [0.717, 1.165) is 29.2 Å². The maximum atomic E-state index is 13.3. The van der Waals surface area contributed by atoms with Gasteiger partial charge in [-0.25, -0.2) is 0 Å². The van der Waals surface area contributed by atoms with Crippen molar-refractivity contribution >= 4 is 11.6 Å². The molecule has 1 N–H and O–H groups in total. The van der Waals surface area contributed by atoms with Gasteiger partial charge in [-0.3, -0.25) is 9.59 Å². The summed E-state index contributed by atoms with van der Waals surface area (Å²) in [6.07, 6.45) is 1.00. The summed E-state index contributed by atoms with van der Waals surface area (Å²) in [4.78, 5) is 28.3. The Kier molecular flexibility index (Phi) is 6.01. The second-order valence-corrected chi connectivity index (χ2v) is 9.03. The van der Waals surface area contributed by atoms with Crippen molar-refractivity contribution in [2.24, 2.45) is 5.92 Å². The molecule has 2 aliphatic heterocycles. The molecule has 176 valence electrons. The molecular formula is C27H29N3O4. The normalized spacial score (nSPS) is 18.7. The minimum atomic E-state index is 0.00985. The van der Waals surface area contributed by atoms with Crippen molar-refractivity contribution in [2.45, 2.75) is 25.4 Å². The number of hydrogen-bond donors (Lipinski definition) is 1. The lowest BCUT2D eigenvalue weighted by atomic mass is 9.83. The van der Waals surface area contributed by atoms with Crippen LogP contribution in [0.25, 0.3) is 0 Å². The molecule has 1 aromatic heterocycles. The van der Waals surface area contributed by atoms with Crippen LogP contribution in [0.1, 0.15) is 34.0 Å². The molecular weight excluding hydrogens is 430 g/mol. The first kappa shape index (κ1) is 22.1. The van der Waals surface area contributed by atoms with Crippen molar-refractivity contribution < 1.29 is 14.3 Å². The van der Waals surface area contributed by atoms with Gasteiger partial charge in [0.15, 0.2) is 0 Å². The first-order valence-electron chi connectivity index (χ1n) is 11.6. The summed E-state index contributed by atoms with van der Waals surface area (Å²) >= 11 is 0. The number of amides is 1. The van der Waals surface area contributed by atoms with Crippen LogP contribution in [-0.2, 0) is 13.1 Å². The summed E-state index contributed by atoms with van der Waals surface area (Å²) in [5.41, 5.74) is 3.37. The van der Waals surface area contributed by atoms with E-state index in [0.29, 0.717) is 37.4 Å². The predicted octanol–water partition coefficient (Wildman–Crippen LogP) is 3.74. The van der Waals surface area contributed by atoms with E-state index in [9.17, 15) is 9.59 Å². The molecule has 2 aliphatic rings. The maximum Gasteiger partial charge on any atom is 0.274 e. The van der Waals surface area contributed by atoms with Crippen LogP contribution in [0.2, 0.25) is 0 Å². The van der Waals surface area contributed by atoms with Crippen LogP contribution in [-0.4, -0.2) is 42.7 Å². The van der Waals surface area contributed by atoms with Gasteiger partial charge in [0.1, 0.15) is 17.2 Å². The molecule has 2 aromatic carbocycles. The van der Waals surface area contributed by atoms with Gasteiger partial charge < -0.3 is 24.3 Å². The van der Waals surface area contributed by atoms with Crippen LogP contribution in [0.3, 0.4) is 0 Å². The summed E-state index contributed by atoms with van der Waals surface area (Å²) in [5, 5.41) is 3.29. The Labute approximate surface area is 198 Å². The maximum absolute atomic E-state index is 13.3. The number of methoxy groups -OCH3 is 2. The first-order chi connectivity index (χ1) is 16.6. The highest BCUT2D eigenvalue weighted by molar-refractivity contribution is 5.94. The average Bonchev–Trinajstić information content (AvgIpc) is 2.88. The lowest BCUT2D eigenvalue weighted by molar-refractivity contribution is 0.0594. The Bertz CT molecular complexity index is 1230. The molecule has 2 bridgehead atoms. The van der Waals surface area contributed by atoms with Gasteiger partial charge in [-0.2, -0.15) is 0 Å². The summed E-state index contributed by atoms with van der Waals surface area (Å²) < 4.78 is 12.3. The number of hydrogen-bond acceptors (Lipinski definition) is 5. The molecule has 3 heterocycles. The summed E-state index contributed by atoms with van der Waals surface area (Å²) in [6.45, 7) is 2.49. The van der Waals surface area contributed by atoms with Crippen LogP contribution >= 0.6 is 0 Å². The molecule has 3 aromatic rings. The molecule has 2 atom stereocenters. The molecule has 0 radical (unpaired) electrons. The number of likely N-dealkylation sites (tertiary alicyclic amines) is 1. The van der Waals surface area contributed by atoms with E-state index in [1.54, 1.807) is 14.2 Å². The fourth-order valence-corrected chi connectivity index (χ4v) is 5.10. The second-order valence-electron chi connectivity index (χ2n) is 9.03. The quantitative estimate of drug-likeness (QED) is 0.608. The monoisotopic (exact) mass is 459 g/mol. The van der Waals surface area contributed by atoms with Crippen LogP contribution in [0, 0.1) is 5.92 Å². The number of aromatic nitrogens is 1. The number of ether oxygens (including phenoxy) is 2. The largest absolute Gasteiger partial charge is 0.497 e. The van der Waals surface area contributed by atoms with Gasteiger partial charge in [-0.05, 0) is 66.4 Å². The number of nitrogens with one attached hydrogen (secondary N) is 1. The number of piperidine rings is 1. The van der Waals surface area contributed by atoms with E-state index in [1.807, 2.05) is 70.1 Å². The average molecular weight is 460 g/mol. The van der Waals surface area contributed by atoms with Gasteiger partial charge in [-0.1, -0.05) is 12.1 Å². The van der Waals surface area contributed by atoms with Crippen molar-refractivity contribution in [3.63, 3.8) is 0 Å². The molecule has 1 fully saturated rings. The highest BCUT2D eigenvalue weighted by atomic mass is 16.5. The fraction of sp³-hybridized carbons (Fsp3) is 0.333. The number of benzene rings is 2. The Morgan fingerprint density at radius 2 is 1.59 bits per heavy atom. The standard InChI is InChI=1S/C27H29N3O4/c1-33-22-7-3-18(4-8-22)14-28-24-11-12-25-21-13-19(16-30(25)27(24)32)15-29(17-21)26(31)20-5-9-23(34-2)10-6-20/h3-12,19,21,28H,13-17H2,1-2H3/t19-,21+/m0/s1. The summed E-state index contributed by atoms with van der Waals surface area (Å²) in [6, 6.07) is 19.0. The zero-order valence-corrected chi connectivity index (χ0v) is 19.5. The van der Waals surface area contributed by atoms with E-state index in [2.05, 4.69) is 5.32 Å². The van der Waals surface area contributed by atoms with Crippen LogP contribution in [0.5, 0.6) is 11.5 Å². The second kappa shape index (κ2) is 9.25. The Morgan fingerprint density at radius 3 is 2.26 bits per heavy atom. The fourth-order valence-electron chi connectivity index (χ4n) is 5.10. The Hall–Kier alpha value is -3.74. The van der Waals surface area contributed by atoms with Gasteiger partial charge in [0.05, 0.1) is 14.2 Å². The number of fused-ring (bicyclic) bond motifs is 4.